The van der Waals surface area contributed by atoms with Crippen LogP contribution in [0.5, 0.6) is 0 Å². The average Bonchev–Trinajstić information content (AvgIpc) is 2.05. The Morgan fingerprint density at radius 1 is 1.64 bits per heavy atom. The molecule has 1 nitrogen and oxygen atoms in total. The van der Waals surface area contributed by atoms with Gasteiger partial charge >= 0.3 is 0 Å². The van der Waals surface area contributed by atoms with Crippen molar-refractivity contribution in [2.75, 3.05) is 0 Å². The number of aliphatic imine (C=N–C) groups is 1. The second kappa shape index (κ2) is 5.90. The van der Waals surface area contributed by atoms with E-state index in [-0.39, 0.29) is 0 Å². The molecule has 0 saturated carbocycles. The van der Waals surface area contributed by atoms with Crippen LogP contribution in [-0.2, 0) is 0 Å². The topological polar surface area (TPSA) is 12.4 Å². The van der Waals surface area contributed by atoms with Gasteiger partial charge in [-0.1, -0.05) is 19.9 Å². The predicted octanol–water partition coefficient (Wildman–Crippen LogP) is 3.19. The lowest BCUT2D eigenvalue weighted by atomic mass is 9.98. The molecular formula is C10H17N. The van der Waals surface area contributed by atoms with E-state index in [0.717, 1.165) is 0 Å². The summed E-state index contributed by atoms with van der Waals surface area (Å²) in [5.74, 6) is 0.623. The van der Waals surface area contributed by atoms with Gasteiger partial charge in [-0.3, -0.25) is 4.99 Å². The first kappa shape index (κ1) is 10.2. The van der Waals surface area contributed by atoms with Crippen LogP contribution in [0.3, 0.4) is 0 Å². The van der Waals surface area contributed by atoms with Gasteiger partial charge in [0.05, 0.1) is 0 Å². The molecule has 0 aromatic rings. The summed E-state index contributed by atoms with van der Waals surface area (Å²) in [6.45, 7) is 9.83. The van der Waals surface area contributed by atoms with E-state index in [9.17, 15) is 0 Å². The van der Waals surface area contributed by atoms with E-state index < -0.39 is 0 Å². The maximum absolute atomic E-state index is 3.67. The van der Waals surface area contributed by atoms with Crippen LogP contribution in [-0.4, -0.2) is 6.72 Å². The molecule has 0 fully saturated rings. The molecule has 1 atom stereocenters. The smallest absolute Gasteiger partial charge is 0.0263 e. The van der Waals surface area contributed by atoms with Crippen LogP contribution < -0.4 is 0 Å². The Hall–Kier alpha value is -0.850. The monoisotopic (exact) mass is 151 g/mol. The molecular weight excluding hydrogens is 134 g/mol. The van der Waals surface area contributed by atoms with Crippen molar-refractivity contribution in [3.8, 4) is 0 Å². The molecule has 11 heavy (non-hydrogen) atoms. The van der Waals surface area contributed by atoms with Crippen molar-refractivity contribution >= 4 is 6.72 Å². The molecule has 0 amide bonds. The minimum absolute atomic E-state index is 0.623. The lowest BCUT2D eigenvalue weighted by Gasteiger charge is -2.07. The molecule has 0 aliphatic rings. The first-order valence-corrected chi connectivity index (χ1v) is 4.04. The first-order valence-electron chi connectivity index (χ1n) is 4.04. The van der Waals surface area contributed by atoms with Crippen LogP contribution >= 0.6 is 0 Å². The molecule has 0 aromatic carbocycles. The molecule has 0 aliphatic heterocycles. The van der Waals surface area contributed by atoms with Gasteiger partial charge in [-0.15, -0.1) is 0 Å². The highest BCUT2D eigenvalue weighted by molar-refractivity contribution is 5.28. The molecule has 1 heteroatoms. The fourth-order valence-corrected chi connectivity index (χ4v) is 0.919. The Balaban J connectivity index is 4.18. The fraction of sp³-hybridized carbons (Fsp3) is 0.500. The zero-order chi connectivity index (χ0) is 8.69. The van der Waals surface area contributed by atoms with Gasteiger partial charge in [0.15, 0.2) is 0 Å². The number of nitrogens with zero attached hydrogens (tertiary/aromatic N) is 1. The van der Waals surface area contributed by atoms with Gasteiger partial charge < -0.3 is 0 Å². The van der Waals surface area contributed by atoms with Gasteiger partial charge in [0.1, 0.15) is 0 Å². The molecule has 0 spiro atoms. The Labute approximate surface area is 69.5 Å². The van der Waals surface area contributed by atoms with Crippen molar-refractivity contribution in [1.29, 1.82) is 0 Å². The van der Waals surface area contributed by atoms with Crippen LogP contribution in [0.4, 0.5) is 0 Å². The third-order valence-corrected chi connectivity index (χ3v) is 1.89. The highest BCUT2D eigenvalue weighted by atomic mass is 14.6. The third-order valence-electron chi connectivity index (χ3n) is 1.89. The second-order valence-corrected chi connectivity index (χ2v) is 2.60. The van der Waals surface area contributed by atoms with Crippen LogP contribution in [0.2, 0.25) is 0 Å². The summed E-state index contributed by atoms with van der Waals surface area (Å²) in [6, 6.07) is 0. The number of hydrogen-bond acceptors (Lipinski definition) is 1. The van der Waals surface area contributed by atoms with Crippen molar-refractivity contribution in [2.24, 2.45) is 10.9 Å². The van der Waals surface area contributed by atoms with Crippen molar-refractivity contribution < 1.29 is 0 Å². The van der Waals surface area contributed by atoms with E-state index in [1.165, 1.54) is 12.0 Å². The van der Waals surface area contributed by atoms with Gasteiger partial charge in [0.2, 0.25) is 0 Å². The minimum atomic E-state index is 0.623. The summed E-state index contributed by atoms with van der Waals surface area (Å²) in [5, 5.41) is 0. The summed E-state index contributed by atoms with van der Waals surface area (Å²) in [6.07, 6.45) is 7.04. The van der Waals surface area contributed by atoms with Crippen molar-refractivity contribution in [2.45, 2.75) is 27.2 Å². The van der Waals surface area contributed by atoms with Crippen LogP contribution in [0, 0.1) is 5.92 Å². The van der Waals surface area contributed by atoms with Gasteiger partial charge in [-0.25, -0.2) is 0 Å². The largest absolute Gasteiger partial charge is 0.273 e. The fourth-order valence-electron chi connectivity index (χ4n) is 0.919. The number of hydrogen-bond donors (Lipinski definition) is 0. The van der Waals surface area contributed by atoms with Gasteiger partial charge in [-0.2, -0.15) is 0 Å². The van der Waals surface area contributed by atoms with E-state index >= 15 is 0 Å². The molecule has 0 aromatic heterocycles. The van der Waals surface area contributed by atoms with Crippen molar-refractivity contribution in [3.63, 3.8) is 0 Å². The highest BCUT2D eigenvalue weighted by Crippen LogP contribution is 2.14. The molecule has 0 bridgehead atoms. The summed E-state index contributed by atoms with van der Waals surface area (Å²) in [7, 11) is 0. The standard InChI is InChI=1S/C10H17N/c1-5-9(3)10(6-2)7-8-11-4/h6-9H,4-5H2,1-3H3/b8-7-,10-6+. The molecule has 0 heterocycles. The zero-order valence-electron chi connectivity index (χ0n) is 7.67. The SMILES string of the molecule is C=N/C=C\C(=C/C)C(C)CC. The molecule has 0 aliphatic carbocycles. The zero-order valence-corrected chi connectivity index (χ0v) is 7.67. The maximum atomic E-state index is 3.67. The molecule has 0 N–H and O–H groups in total. The quantitative estimate of drug-likeness (QED) is 0.432. The highest BCUT2D eigenvalue weighted by Gasteiger charge is 2.00. The normalized spacial score (nSPS) is 15.4. The summed E-state index contributed by atoms with van der Waals surface area (Å²) >= 11 is 0. The Morgan fingerprint density at radius 2 is 2.27 bits per heavy atom. The lowest BCUT2D eigenvalue weighted by Crippen LogP contribution is -1.93. The van der Waals surface area contributed by atoms with E-state index in [2.05, 4.69) is 38.6 Å². The van der Waals surface area contributed by atoms with E-state index in [1.54, 1.807) is 6.20 Å². The minimum Gasteiger partial charge on any atom is -0.273 e. The molecule has 0 rings (SSSR count). The Morgan fingerprint density at radius 3 is 2.64 bits per heavy atom. The molecule has 0 saturated heterocycles. The molecule has 0 radical (unpaired) electrons. The van der Waals surface area contributed by atoms with E-state index in [4.69, 9.17) is 0 Å². The first-order chi connectivity index (χ1) is 5.26. The third kappa shape index (κ3) is 3.76. The van der Waals surface area contributed by atoms with E-state index in [0.29, 0.717) is 5.92 Å². The Bertz CT molecular complexity index is 166. The average molecular weight is 151 g/mol. The van der Waals surface area contributed by atoms with Crippen molar-refractivity contribution in [1.82, 2.24) is 0 Å². The van der Waals surface area contributed by atoms with Crippen molar-refractivity contribution in [3.05, 3.63) is 23.9 Å². The number of rotatable bonds is 4. The summed E-state index contributed by atoms with van der Waals surface area (Å²) < 4.78 is 0. The lowest BCUT2D eigenvalue weighted by molar-refractivity contribution is 0.669. The van der Waals surface area contributed by atoms with Gasteiger partial charge in [0.25, 0.3) is 0 Å². The maximum Gasteiger partial charge on any atom is 0.0263 e. The molecule has 62 valence electrons. The summed E-state index contributed by atoms with van der Waals surface area (Å²) in [4.78, 5) is 3.67. The predicted molar refractivity (Wildman–Crippen MR) is 51.9 cm³/mol. The molecule has 1 unspecified atom stereocenters. The van der Waals surface area contributed by atoms with E-state index in [1.807, 2.05) is 6.08 Å². The summed E-state index contributed by atoms with van der Waals surface area (Å²) in [5.41, 5.74) is 1.33. The van der Waals surface area contributed by atoms with Crippen LogP contribution in [0.1, 0.15) is 27.2 Å². The van der Waals surface area contributed by atoms with Crippen LogP contribution in [0.15, 0.2) is 28.9 Å². The van der Waals surface area contributed by atoms with Gasteiger partial charge in [0, 0.05) is 6.20 Å². The second-order valence-electron chi connectivity index (χ2n) is 2.60. The van der Waals surface area contributed by atoms with Gasteiger partial charge in [-0.05, 0) is 37.6 Å². The number of allylic oxidation sites excluding steroid dienone is 3. The van der Waals surface area contributed by atoms with Crippen LogP contribution in [0.25, 0.3) is 0 Å². The Kier molecular flexibility index (Phi) is 5.44.